The van der Waals surface area contributed by atoms with Crippen LogP contribution < -0.4 is 0 Å². The zero-order valence-electron chi connectivity index (χ0n) is 46.1. The fourth-order valence-electron chi connectivity index (χ4n) is 8.74. The number of hydrogen-bond acceptors (Lipinski definition) is 6. The van der Waals surface area contributed by atoms with Crippen LogP contribution in [0.3, 0.4) is 0 Å². The second-order valence-electron chi connectivity index (χ2n) is 20.3. The predicted molar refractivity (Wildman–Crippen MR) is 298 cm³/mol. The summed E-state index contributed by atoms with van der Waals surface area (Å²) in [5.41, 5.74) is 0. The highest BCUT2D eigenvalue weighted by atomic mass is 16.6. The van der Waals surface area contributed by atoms with Gasteiger partial charge < -0.3 is 14.2 Å². The van der Waals surface area contributed by atoms with Crippen LogP contribution in [0.25, 0.3) is 0 Å². The van der Waals surface area contributed by atoms with Crippen LogP contribution in [0.1, 0.15) is 316 Å². The molecule has 0 aromatic heterocycles. The van der Waals surface area contributed by atoms with E-state index in [4.69, 9.17) is 14.2 Å². The first-order valence-corrected chi connectivity index (χ1v) is 30.1. The molecule has 6 heteroatoms. The van der Waals surface area contributed by atoms with E-state index in [1.807, 2.05) is 0 Å². The van der Waals surface area contributed by atoms with Gasteiger partial charge in [-0.1, -0.05) is 262 Å². The minimum atomic E-state index is -0.773. The molecule has 0 saturated carbocycles. The van der Waals surface area contributed by atoms with Crippen molar-refractivity contribution in [3.8, 4) is 0 Å². The molecule has 0 radical (unpaired) electrons. The monoisotopic (exact) mass is 967 g/mol. The summed E-state index contributed by atoms with van der Waals surface area (Å²) in [6.07, 6.45) is 71.3. The molecular formula is C63H114O6. The number of rotatable bonds is 55. The first-order chi connectivity index (χ1) is 34.0. The van der Waals surface area contributed by atoms with E-state index in [1.54, 1.807) is 0 Å². The molecule has 0 saturated heterocycles. The summed E-state index contributed by atoms with van der Waals surface area (Å²) < 4.78 is 16.8. The Labute approximate surface area is 428 Å². The van der Waals surface area contributed by atoms with Crippen molar-refractivity contribution in [2.45, 2.75) is 322 Å². The van der Waals surface area contributed by atoms with E-state index in [0.29, 0.717) is 19.3 Å². The molecule has 0 N–H and O–H groups in total. The number of ether oxygens (including phenoxy) is 3. The van der Waals surface area contributed by atoms with Gasteiger partial charge in [-0.15, -0.1) is 0 Å². The molecule has 1 unspecified atom stereocenters. The average Bonchev–Trinajstić information content (AvgIpc) is 3.35. The Balaban J connectivity index is 4.10. The quantitative estimate of drug-likeness (QED) is 0.0262. The maximum atomic E-state index is 12.8. The maximum Gasteiger partial charge on any atom is 0.306 e. The Morgan fingerprint density at radius 2 is 0.522 bits per heavy atom. The van der Waals surface area contributed by atoms with Gasteiger partial charge in [0.15, 0.2) is 6.10 Å². The van der Waals surface area contributed by atoms with Crippen molar-refractivity contribution in [1.29, 1.82) is 0 Å². The summed E-state index contributed by atoms with van der Waals surface area (Å²) in [4.78, 5) is 38.0. The smallest absolute Gasteiger partial charge is 0.306 e. The second kappa shape index (κ2) is 57.9. The number of carbonyl (C=O) groups is 3. The first kappa shape index (κ1) is 66.4. The molecule has 0 aromatic carbocycles. The molecule has 0 spiro atoms. The van der Waals surface area contributed by atoms with E-state index < -0.39 is 6.10 Å². The van der Waals surface area contributed by atoms with Gasteiger partial charge in [0.05, 0.1) is 0 Å². The van der Waals surface area contributed by atoms with Gasteiger partial charge in [-0.3, -0.25) is 14.4 Å². The van der Waals surface area contributed by atoms with Crippen molar-refractivity contribution in [2.24, 2.45) is 0 Å². The van der Waals surface area contributed by atoms with Crippen LogP contribution >= 0.6 is 0 Å². The van der Waals surface area contributed by atoms with Gasteiger partial charge in [0, 0.05) is 19.3 Å². The van der Waals surface area contributed by atoms with Crippen molar-refractivity contribution in [3.63, 3.8) is 0 Å². The number of unbranched alkanes of at least 4 members (excludes halogenated alkanes) is 36. The third-order valence-electron chi connectivity index (χ3n) is 13.3. The lowest BCUT2D eigenvalue weighted by molar-refractivity contribution is -0.167. The molecule has 0 rings (SSSR count). The number of hydrogen-bond donors (Lipinski definition) is 0. The largest absolute Gasteiger partial charge is 0.462 e. The van der Waals surface area contributed by atoms with Crippen molar-refractivity contribution >= 4 is 17.9 Å². The topological polar surface area (TPSA) is 78.9 Å². The fraction of sp³-hybridized carbons (Fsp3) is 0.825. The first-order valence-electron chi connectivity index (χ1n) is 30.1. The standard InChI is InChI=1S/C63H114O6/c1-4-7-10-13-16-19-21-23-24-25-26-27-28-29-30-31-32-33-34-35-36-37-38-40-41-44-47-50-53-56-62(65)68-59-60(58-67-61(64)55-52-49-46-43-18-15-12-9-6-3)69-63(66)57-54-51-48-45-42-39-22-20-17-14-11-8-5-2/h20-23,25-26,28-29,60H,4-19,24,27,30-59H2,1-3H3/b22-20-,23-21-,26-25-,29-28-. The SMILES string of the molecule is CCCCCC/C=C\CCCCCCCC(=O)OC(COC(=O)CCCCCCCCCCC)COC(=O)CCCCCCCCCCCCCCCC/C=C\C/C=C\C/C=C\CCCCCCC. The normalized spacial score (nSPS) is 12.3. The van der Waals surface area contributed by atoms with E-state index in [2.05, 4.69) is 69.4 Å². The van der Waals surface area contributed by atoms with Gasteiger partial charge in [-0.05, 0) is 83.5 Å². The molecular weight excluding hydrogens is 853 g/mol. The number of allylic oxidation sites excluding steroid dienone is 8. The summed E-state index contributed by atoms with van der Waals surface area (Å²) in [6, 6.07) is 0. The molecule has 1 atom stereocenters. The van der Waals surface area contributed by atoms with Crippen molar-refractivity contribution < 1.29 is 28.6 Å². The van der Waals surface area contributed by atoms with E-state index in [-0.39, 0.29) is 31.1 Å². The van der Waals surface area contributed by atoms with Gasteiger partial charge >= 0.3 is 17.9 Å². The van der Waals surface area contributed by atoms with Gasteiger partial charge in [-0.2, -0.15) is 0 Å². The summed E-state index contributed by atoms with van der Waals surface area (Å²) in [7, 11) is 0. The van der Waals surface area contributed by atoms with E-state index >= 15 is 0 Å². The van der Waals surface area contributed by atoms with Gasteiger partial charge in [0.25, 0.3) is 0 Å². The molecule has 0 fully saturated rings. The van der Waals surface area contributed by atoms with Crippen LogP contribution in [-0.2, 0) is 28.6 Å². The van der Waals surface area contributed by atoms with Crippen LogP contribution in [0.5, 0.6) is 0 Å². The second-order valence-corrected chi connectivity index (χ2v) is 20.3. The van der Waals surface area contributed by atoms with Gasteiger partial charge in [0.1, 0.15) is 13.2 Å². The minimum Gasteiger partial charge on any atom is -0.462 e. The van der Waals surface area contributed by atoms with Crippen LogP contribution in [0.4, 0.5) is 0 Å². The molecule has 0 aliphatic heterocycles. The Morgan fingerprint density at radius 1 is 0.290 bits per heavy atom. The third-order valence-corrected chi connectivity index (χ3v) is 13.3. The van der Waals surface area contributed by atoms with E-state index in [0.717, 1.165) is 77.0 Å². The third kappa shape index (κ3) is 56.2. The van der Waals surface area contributed by atoms with Crippen molar-refractivity contribution in [2.75, 3.05) is 13.2 Å². The van der Waals surface area contributed by atoms with Gasteiger partial charge in [-0.25, -0.2) is 0 Å². The lowest BCUT2D eigenvalue weighted by atomic mass is 10.0. The highest BCUT2D eigenvalue weighted by Gasteiger charge is 2.19. The Bertz CT molecular complexity index is 1200. The molecule has 0 aromatic rings. The fourth-order valence-corrected chi connectivity index (χ4v) is 8.74. The average molecular weight is 968 g/mol. The number of esters is 3. The zero-order valence-corrected chi connectivity index (χ0v) is 46.1. The van der Waals surface area contributed by atoms with Crippen molar-refractivity contribution in [3.05, 3.63) is 48.6 Å². The molecule has 402 valence electrons. The summed E-state index contributed by atoms with van der Waals surface area (Å²) in [5, 5.41) is 0. The summed E-state index contributed by atoms with van der Waals surface area (Å²) >= 11 is 0. The zero-order chi connectivity index (χ0) is 50.0. The lowest BCUT2D eigenvalue weighted by Gasteiger charge is -2.18. The van der Waals surface area contributed by atoms with E-state index in [9.17, 15) is 14.4 Å². The molecule has 6 nitrogen and oxygen atoms in total. The Kier molecular flexibility index (Phi) is 55.7. The predicted octanol–water partition coefficient (Wildman–Crippen LogP) is 20.2. The molecule has 69 heavy (non-hydrogen) atoms. The molecule has 0 aliphatic carbocycles. The highest BCUT2D eigenvalue weighted by Crippen LogP contribution is 2.16. The molecule has 0 amide bonds. The van der Waals surface area contributed by atoms with Crippen LogP contribution in [0.15, 0.2) is 48.6 Å². The number of carbonyl (C=O) groups excluding carboxylic acids is 3. The Morgan fingerprint density at radius 3 is 0.841 bits per heavy atom. The molecule has 0 bridgehead atoms. The van der Waals surface area contributed by atoms with Crippen LogP contribution in [-0.4, -0.2) is 37.2 Å². The van der Waals surface area contributed by atoms with Crippen molar-refractivity contribution in [1.82, 2.24) is 0 Å². The summed E-state index contributed by atoms with van der Waals surface area (Å²) in [5.74, 6) is -0.873. The molecule has 0 aliphatic rings. The van der Waals surface area contributed by atoms with Crippen LogP contribution in [0, 0.1) is 0 Å². The lowest BCUT2D eigenvalue weighted by Crippen LogP contribution is -2.30. The van der Waals surface area contributed by atoms with Crippen LogP contribution in [0.2, 0.25) is 0 Å². The Hall–Kier alpha value is -2.63. The minimum absolute atomic E-state index is 0.0732. The highest BCUT2D eigenvalue weighted by molar-refractivity contribution is 5.71. The van der Waals surface area contributed by atoms with E-state index in [1.165, 1.54) is 199 Å². The summed E-state index contributed by atoms with van der Waals surface area (Å²) in [6.45, 7) is 6.61. The van der Waals surface area contributed by atoms with Gasteiger partial charge in [0.2, 0.25) is 0 Å². The maximum absolute atomic E-state index is 12.8. The molecule has 0 heterocycles.